The summed E-state index contributed by atoms with van der Waals surface area (Å²) in [5.41, 5.74) is 6.23. The minimum absolute atomic E-state index is 0.0523. The fraction of sp³-hybridized carbons (Fsp3) is 0.167. The van der Waals surface area contributed by atoms with E-state index in [-0.39, 0.29) is 12.5 Å². The molecular formula is C24H23N3O. The molecule has 4 aromatic rings. The van der Waals surface area contributed by atoms with Crippen LogP contribution in [-0.4, -0.2) is 15.5 Å². The molecule has 0 aliphatic rings. The number of para-hydroxylation sites is 3. The Morgan fingerprint density at radius 2 is 1.57 bits per heavy atom. The quantitative estimate of drug-likeness (QED) is 0.545. The molecule has 0 spiro atoms. The molecule has 0 atom stereocenters. The number of fused-ring (bicyclic) bond motifs is 1. The van der Waals surface area contributed by atoms with E-state index in [9.17, 15) is 4.79 Å². The molecular weight excluding hydrogens is 346 g/mol. The molecule has 28 heavy (non-hydrogen) atoms. The normalized spacial score (nSPS) is 10.9. The zero-order valence-electron chi connectivity index (χ0n) is 16.1. The number of nitrogens with one attached hydrogen (secondary N) is 1. The summed E-state index contributed by atoms with van der Waals surface area (Å²) in [6, 6.07) is 24.1. The number of imidazole rings is 1. The minimum Gasteiger partial charge on any atom is -0.324 e. The Morgan fingerprint density at radius 1 is 0.893 bits per heavy atom. The third-order valence-corrected chi connectivity index (χ3v) is 5.06. The number of hydrogen-bond acceptors (Lipinski definition) is 2. The number of carbonyl (C=O) groups excluding carboxylic acids is 1. The third-order valence-electron chi connectivity index (χ3n) is 5.06. The van der Waals surface area contributed by atoms with E-state index in [1.54, 1.807) is 0 Å². The van der Waals surface area contributed by atoms with E-state index in [2.05, 4.69) is 24.4 Å². The second kappa shape index (κ2) is 7.69. The van der Waals surface area contributed by atoms with Crippen molar-refractivity contribution in [3.8, 4) is 0 Å². The molecule has 1 N–H and O–H groups in total. The number of aryl methyl sites for hydroxylation is 2. The Bertz CT molecular complexity index is 1140. The molecule has 1 heterocycles. The summed E-state index contributed by atoms with van der Waals surface area (Å²) in [5, 5.41) is 3.03. The van der Waals surface area contributed by atoms with Crippen molar-refractivity contribution in [2.75, 3.05) is 5.32 Å². The first kappa shape index (κ1) is 18.0. The first-order valence-electron chi connectivity index (χ1n) is 9.46. The average molecular weight is 369 g/mol. The average Bonchev–Trinajstić information content (AvgIpc) is 3.03. The number of anilines is 1. The third kappa shape index (κ3) is 3.67. The lowest BCUT2D eigenvalue weighted by Crippen LogP contribution is -2.20. The molecule has 1 aromatic heterocycles. The zero-order valence-corrected chi connectivity index (χ0v) is 16.1. The fourth-order valence-electron chi connectivity index (χ4n) is 3.46. The lowest BCUT2D eigenvalue weighted by Gasteiger charge is -2.12. The summed E-state index contributed by atoms with van der Waals surface area (Å²) < 4.78 is 2.02. The first-order chi connectivity index (χ1) is 13.6. The van der Waals surface area contributed by atoms with Gasteiger partial charge in [-0.15, -0.1) is 0 Å². The summed E-state index contributed by atoms with van der Waals surface area (Å²) in [5.74, 6) is 0.846. The number of carbonyl (C=O) groups is 1. The molecule has 3 aromatic carbocycles. The van der Waals surface area contributed by atoms with Crippen LogP contribution in [0, 0.1) is 13.8 Å². The van der Waals surface area contributed by atoms with E-state index in [1.807, 2.05) is 72.2 Å². The van der Waals surface area contributed by atoms with Gasteiger partial charge < -0.3 is 9.88 Å². The van der Waals surface area contributed by atoms with Crippen LogP contribution in [0.25, 0.3) is 11.0 Å². The van der Waals surface area contributed by atoms with E-state index in [4.69, 9.17) is 4.98 Å². The van der Waals surface area contributed by atoms with Gasteiger partial charge in [-0.1, -0.05) is 54.6 Å². The van der Waals surface area contributed by atoms with Crippen LogP contribution in [0.2, 0.25) is 0 Å². The molecule has 4 heteroatoms. The van der Waals surface area contributed by atoms with Crippen molar-refractivity contribution in [2.45, 2.75) is 26.8 Å². The van der Waals surface area contributed by atoms with Crippen LogP contribution >= 0.6 is 0 Å². The van der Waals surface area contributed by atoms with Gasteiger partial charge >= 0.3 is 0 Å². The fourth-order valence-corrected chi connectivity index (χ4v) is 3.46. The van der Waals surface area contributed by atoms with Gasteiger partial charge in [-0.25, -0.2) is 4.98 Å². The summed E-state index contributed by atoms with van der Waals surface area (Å²) in [4.78, 5) is 17.6. The topological polar surface area (TPSA) is 46.9 Å². The highest BCUT2D eigenvalue weighted by molar-refractivity contribution is 5.92. The number of amides is 1. The Morgan fingerprint density at radius 3 is 2.36 bits per heavy atom. The van der Waals surface area contributed by atoms with Crippen molar-refractivity contribution in [2.24, 2.45) is 0 Å². The molecule has 0 bridgehead atoms. The largest absolute Gasteiger partial charge is 0.324 e. The van der Waals surface area contributed by atoms with E-state index in [0.717, 1.165) is 28.1 Å². The van der Waals surface area contributed by atoms with E-state index < -0.39 is 0 Å². The van der Waals surface area contributed by atoms with Crippen molar-refractivity contribution in [1.82, 2.24) is 9.55 Å². The predicted octanol–water partition coefficient (Wildman–Crippen LogP) is 4.88. The summed E-state index contributed by atoms with van der Waals surface area (Å²) in [6.45, 7) is 4.33. The van der Waals surface area contributed by atoms with Crippen molar-refractivity contribution >= 4 is 22.6 Å². The molecule has 0 fully saturated rings. The lowest BCUT2D eigenvalue weighted by atomic mass is 10.1. The molecule has 0 radical (unpaired) electrons. The smallest absolute Gasteiger partial charge is 0.244 e. The molecule has 0 saturated carbocycles. The van der Waals surface area contributed by atoms with Gasteiger partial charge in [0.1, 0.15) is 12.4 Å². The molecule has 0 unspecified atom stereocenters. The number of nitrogens with zero attached hydrogens (tertiary/aromatic N) is 2. The molecule has 4 nitrogen and oxygen atoms in total. The van der Waals surface area contributed by atoms with Crippen LogP contribution in [0.1, 0.15) is 22.5 Å². The summed E-state index contributed by atoms with van der Waals surface area (Å²) >= 11 is 0. The summed E-state index contributed by atoms with van der Waals surface area (Å²) in [6.07, 6.45) is 0.693. The number of aromatic nitrogens is 2. The van der Waals surface area contributed by atoms with Gasteiger partial charge in [0.25, 0.3) is 0 Å². The van der Waals surface area contributed by atoms with Crippen LogP contribution in [0.3, 0.4) is 0 Å². The Balaban J connectivity index is 1.66. The molecule has 0 aliphatic heterocycles. The molecule has 0 aliphatic carbocycles. The molecule has 140 valence electrons. The standard InChI is InChI=1S/C24H23N3O/c1-17-9-3-5-11-19(17)15-23-25-21-13-7-8-14-22(21)27(23)16-24(28)26-20-12-6-4-10-18(20)2/h3-14H,15-16H2,1-2H3,(H,26,28). The summed E-state index contributed by atoms with van der Waals surface area (Å²) in [7, 11) is 0. The highest BCUT2D eigenvalue weighted by Gasteiger charge is 2.15. The van der Waals surface area contributed by atoms with Crippen LogP contribution in [0.15, 0.2) is 72.8 Å². The van der Waals surface area contributed by atoms with Gasteiger partial charge in [0.05, 0.1) is 11.0 Å². The van der Waals surface area contributed by atoms with Crippen molar-refractivity contribution in [3.63, 3.8) is 0 Å². The van der Waals surface area contributed by atoms with E-state index >= 15 is 0 Å². The highest BCUT2D eigenvalue weighted by Crippen LogP contribution is 2.21. The molecule has 0 saturated heterocycles. The van der Waals surface area contributed by atoms with Crippen LogP contribution in [0.5, 0.6) is 0 Å². The number of benzene rings is 3. The van der Waals surface area contributed by atoms with Crippen LogP contribution in [0.4, 0.5) is 5.69 Å². The zero-order chi connectivity index (χ0) is 19.5. The number of rotatable bonds is 5. The van der Waals surface area contributed by atoms with Gasteiger partial charge in [-0.3, -0.25) is 4.79 Å². The van der Waals surface area contributed by atoms with Gasteiger partial charge in [0.15, 0.2) is 0 Å². The van der Waals surface area contributed by atoms with Crippen molar-refractivity contribution in [1.29, 1.82) is 0 Å². The predicted molar refractivity (Wildman–Crippen MR) is 114 cm³/mol. The Labute approximate surface area is 164 Å². The maximum atomic E-state index is 12.8. The highest BCUT2D eigenvalue weighted by atomic mass is 16.1. The second-order valence-corrected chi connectivity index (χ2v) is 7.07. The van der Waals surface area contributed by atoms with E-state index in [1.165, 1.54) is 11.1 Å². The van der Waals surface area contributed by atoms with Gasteiger partial charge in [-0.05, 0) is 48.7 Å². The van der Waals surface area contributed by atoms with Crippen molar-refractivity contribution in [3.05, 3.63) is 95.3 Å². The van der Waals surface area contributed by atoms with Crippen LogP contribution in [-0.2, 0) is 17.8 Å². The van der Waals surface area contributed by atoms with Crippen LogP contribution < -0.4 is 5.32 Å². The maximum absolute atomic E-state index is 12.8. The molecule has 4 rings (SSSR count). The lowest BCUT2D eigenvalue weighted by molar-refractivity contribution is -0.116. The monoisotopic (exact) mass is 369 g/mol. The van der Waals surface area contributed by atoms with Gasteiger partial charge in [0.2, 0.25) is 5.91 Å². The minimum atomic E-state index is -0.0523. The first-order valence-corrected chi connectivity index (χ1v) is 9.46. The maximum Gasteiger partial charge on any atom is 0.244 e. The van der Waals surface area contributed by atoms with E-state index in [0.29, 0.717) is 6.42 Å². The second-order valence-electron chi connectivity index (χ2n) is 7.07. The Kier molecular flexibility index (Phi) is 4.94. The molecule has 1 amide bonds. The Hall–Kier alpha value is -3.40. The van der Waals surface area contributed by atoms with Gasteiger partial charge in [-0.2, -0.15) is 0 Å². The van der Waals surface area contributed by atoms with Gasteiger partial charge in [0, 0.05) is 12.1 Å². The SMILES string of the molecule is Cc1ccccc1Cc1nc2ccccc2n1CC(=O)Nc1ccccc1C. The van der Waals surface area contributed by atoms with Crippen molar-refractivity contribution < 1.29 is 4.79 Å². The number of hydrogen-bond donors (Lipinski definition) is 1.